The third-order valence-corrected chi connectivity index (χ3v) is 5.59. The molecule has 2 nitrogen and oxygen atoms in total. The van der Waals surface area contributed by atoms with E-state index < -0.39 is 0 Å². The largest absolute Gasteiger partial charge is 0.508 e. The normalized spacial score (nSPS) is 20.6. The van der Waals surface area contributed by atoms with E-state index >= 15 is 0 Å². The first kappa shape index (κ1) is 16.7. The van der Waals surface area contributed by atoms with Crippen LogP contribution in [-0.2, 0) is 10.8 Å². The van der Waals surface area contributed by atoms with Gasteiger partial charge in [-0.15, -0.1) is 0 Å². The number of phenols is 1. The first-order chi connectivity index (χ1) is 12.4. The van der Waals surface area contributed by atoms with Gasteiger partial charge >= 0.3 is 0 Å². The van der Waals surface area contributed by atoms with Crippen LogP contribution in [0, 0.1) is 0 Å². The van der Waals surface area contributed by atoms with Crippen molar-refractivity contribution in [1.29, 1.82) is 0 Å². The first-order valence-electron chi connectivity index (χ1n) is 9.06. The molecule has 3 aromatic rings. The highest BCUT2D eigenvalue weighted by molar-refractivity contribution is 5.54. The Morgan fingerprint density at radius 1 is 0.769 bits per heavy atom. The summed E-state index contributed by atoms with van der Waals surface area (Å²) in [5.74, 6) is 2.00. The maximum absolute atomic E-state index is 10.0. The standard InChI is InChI=1S/C24H24O2/c1-23(2)16-24(3,22-15-18(25)11-14-21(22)23)17-9-12-20(13-10-17)26-19-7-5-4-6-8-19/h4-15,25H,16H2,1-3H3. The minimum absolute atomic E-state index is 0.0804. The van der Waals surface area contributed by atoms with Gasteiger partial charge in [0.25, 0.3) is 0 Å². The van der Waals surface area contributed by atoms with E-state index in [9.17, 15) is 5.11 Å². The lowest BCUT2D eigenvalue weighted by Gasteiger charge is -2.28. The molecule has 0 radical (unpaired) electrons. The van der Waals surface area contributed by atoms with Gasteiger partial charge in [-0.05, 0) is 64.9 Å². The van der Waals surface area contributed by atoms with E-state index in [1.54, 1.807) is 6.07 Å². The first-order valence-corrected chi connectivity index (χ1v) is 9.06. The molecule has 1 aliphatic rings. The van der Waals surface area contributed by atoms with Crippen LogP contribution in [0.25, 0.3) is 0 Å². The molecule has 1 unspecified atom stereocenters. The molecule has 0 saturated heterocycles. The Morgan fingerprint density at radius 3 is 2.12 bits per heavy atom. The van der Waals surface area contributed by atoms with Crippen molar-refractivity contribution in [3.63, 3.8) is 0 Å². The van der Waals surface area contributed by atoms with Gasteiger partial charge in [0, 0.05) is 5.41 Å². The van der Waals surface area contributed by atoms with Crippen LogP contribution >= 0.6 is 0 Å². The van der Waals surface area contributed by atoms with Gasteiger partial charge in [-0.25, -0.2) is 0 Å². The Hall–Kier alpha value is -2.74. The van der Waals surface area contributed by atoms with Crippen LogP contribution in [-0.4, -0.2) is 5.11 Å². The summed E-state index contributed by atoms with van der Waals surface area (Å²) >= 11 is 0. The second-order valence-electron chi connectivity index (χ2n) is 8.06. The van der Waals surface area contributed by atoms with Crippen LogP contribution in [0.4, 0.5) is 0 Å². The van der Waals surface area contributed by atoms with Crippen LogP contribution in [0.3, 0.4) is 0 Å². The Balaban J connectivity index is 1.69. The van der Waals surface area contributed by atoms with Crippen molar-refractivity contribution in [3.05, 3.63) is 89.5 Å². The number of ether oxygens (including phenoxy) is 1. The van der Waals surface area contributed by atoms with Gasteiger partial charge in [0.15, 0.2) is 0 Å². The summed E-state index contributed by atoms with van der Waals surface area (Å²) in [6, 6.07) is 24.0. The van der Waals surface area contributed by atoms with E-state index in [0.29, 0.717) is 5.75 Å². The average Bonchev–Trinajstić information content (AvgIpc) is 2.83. The fraction of sp³-hybridized carbons (Fsp3) is 0.250. The van der Waals surface area contributed by atoms with E-state index in [-0.39, 0.29) is 10.8 Å². The van der Waals surface area contributed by atoms with E-state index in [0.717, 1.165) is 17.9 Å². The van der Waals surface area contributed by atoms with E-state index in [1.165, 1.54) is 16.7 Å². The SMILES string of the molecule is CC1(C)CC(C)(c2ccc(Oc3ccccc3)cc2)c2cc(O)ccc21. The van der Waals surface area contributed by atoms with Crippen LogP contribution in [0.2, 0.25) is 0 Å². The Morgan fingerprint density at radius 2 is 1.42 bits per heavy atom. The molecular formula is C24H24O2. The molecule has 1 aliphatic carbocycles. The number of hydrogen-bond donors (Lipinski definition) is 1. The monoisotopic (exact) mass is 344 g/mol. The van der Waals surface area contributed by atoms with Crippen molar-refractivity contribution in [3.8, 4) is 17.2 Å². The highest BCUT2D eigenvalue weighted by atomic mass is 16.5. The summed E-state index contributed by atoms with van der Waals surface area (Å²) in [5, 5.41) is 10.0. The number of rotatable bonds is 3. The molecule has 26 heavy (non-hydrogen) atoms. The number of para-hydroxylation sites is 1. The number of hydrogen-bond acceptors (Lipinski definition) is 2. The van der Waals surface area contributed by atoms with Gasteiger partial charge in [-0.2, -0.15) is 0 Å². The second-order valence-corrected chi connectivity index (χ2v) is 8.06. The van der Waals surface area contributed by atoms with Gasteiger partial charge in [-0.1, -0.05) is 57.2 Å². The molecule has 0 aliphatic heterocycles. The zero-order valence-electron chi connectivity index (χ0n) is 15.5. The van der Waals surface area contributed by atoms with Crippen LogP contribution < -0.4 is 4.74 Å². The van der Waals surface area contributed by atoms with Crippen LogP contribution in [0.5, 0.6) is 17.2 Å². The molecule has 0 amide bonds. The topological polar surface area (TPSA) is 29.5 Å². The molecule has 2 heteroatoms. The molecule has 0 spiro atoms. The summed E-state index contributed by atoms with van der Waals surface area (Å²) in [7, 11) is 0. The highest BCUT2D eigenvalue weighted by Gasteiger charge is 2.45. The molecular weight excluding hydrogens is 320 g/mol. The summed E-state index contributed by atoms with van der Waals surface area (Å²) in [5.41, 5.74) is 3.75. The molecule has 0 saturated carbocycles. The van der Waals surface area contributed by atoms with Gasteiger partial charge < -0.3 is 9.84 Å². The van der Waals surface area contributed by atoms with E-state index in [4.69, 9.17) is 4.74 Å². The minimum Gasteiger partial charge on any atom is -0.508 e. The molecule has 0 aromatic heterocycles. The van der Waals surface area contributed by atoms with E-state index in [1.807, 2.05) is 48.5 Å². The van der Waals surface area contributed by atoms with Crippen LogP contribution in [0.15, 0.2) is 72.8 Å². The zero-order valence-corrected chi connectivity index (χ0v) is 15.5. The Kier molecular flexibility index (Phi) is 3.80. The van der Waals surface area contributed by atoms with Gasteiger partial charge in [0.2, 0.25) is 0 Å². The summed E-state index contributed by atoms with van der Waals surface area (Å²) in [6.07, 6.45) is 1.01. The molecule has 1 N–H and O–H groups in total. The lowest BCUT2D eigenvalue weighted by Crippen LogP contribution is -2.23. The molecule has 0 bridgehead atoms. The number of aromatic hydroxyl groups is 1. The van der Waals surface area contributed by atoms with Crippen molar-refractivity contribution in [2.45, 2.75) is 38.0 Å². The number of phenolic OH excluding ortho intramolecular Hbond substituents is 1. The van der Waals surface area contributed by atoms with Gasteiger partial charge in [0.05, 0.1) is 0 Å². The summed E-state index contributed by atoms with van der Waals surface area (Å²) in [4.78, 5) is 0. The minimum atomic E-state index is -0.122. The van der Waals surface area contributed by atoms with E-state index in [2.05, 4.69) is 39.0 Å². The smallest absolute Gasteiger partial charge is 0.127 e. The quantitative estimate of drug-likeness (QED) is 0.615. The van der Waals surface area contributed by atoms with Gasteiger partial charge in [-0.3, -0.25) is 0 Å². The zero-order chi connectivity index (χ0) is 18.4. The fourth-order valence-corrected chi connectivity index (χ4v) is 4.43. The van der Waals surface area contributed by atoms with Crippen molar-refractivity contribution in [2.24, 2.45) is 0 Å². The second kappa shape index (κ2) is 5.91. The van der Waals surface area contributed by atoms with Crippen molar-refractivity contribution >= 4 is 0 Å². The van der Waals surface area contributed by atoms with Crippen LogP contribution in [0.1, 0.15) is 43.9 Å². The molecule has 1 atom stereocenters. The predicted molar refractivity (Wildman–Crippen MR) is 105 cm³/mol. The Labute approximate surface area is 155 Å². The maximum Gasteiger partial charge on any atom is 0.127 e. The molecule has 3 aromatic carbocycles. The summed E-state index contributed by atoms with van der Waals surface area (Å²) in [6.45, 7) is 6.83. The van der Waals surface area contributed by atoms with Crippen molar-refractivity contribution in [2.75, 3.05) is 0 Å². The Bertz CT molecular complexity index is 926. The fourth-order valence-electron chi connectivity index (χ4n) is 4.43. The summed E-state index contributed by atoms with van der Waals surface area (Å²) < 4.78 is 5.92. The third kappa shape index (κ3) is 2.76. The lowest BCUT2D eigenvalue weighted by molar-refractivity contribution is 0.423. The highest BCUT2D eigenvalue weighted by Crippen LogP contribution is 2.53. The van der Waals surface area contributed by atoms with Crippen molar-refractivity contribution in [1.82, 2.24) is 0 Å². The molecule has 0 fully saturated rings. The third-order valence-electron chi connectivity index (χ3n) is 5.59. The molecule has 4 rings (SSSR count). The predicted octanol–water partition coefficient (Wildman–Crippen LogP) is 6.17. The number of fused-ring (bicyclic) bond motifs is 1. The van der Waals surface area contributed by atoms with Gasteiger partial charge in [0.1, 0.15) is 17.2 Å². The average molecular weight is 344 g/mol. The van der Waals surface area contributed by atoms with Crippen molar-refractivity contribution < 1.29 is 9.84 Å². The molecule has 132 valence electrons. The molecule has 0 heterocycles. The maximum atomic E-state index is 10.0. The lowest BCUT2D eigenvalue weighted by atomic mass is 9.75. The number of benzene rings is 3.